The van der Waals surface area contributed by atoms with Crippen LogP contribution in [0, 0.1) is 11.8 Å². The molecule has 0 aromatic heterocycles. The Balaban J connectivity index is 1.45. The highest BCUT2D eigenvalue weighted by Crippen LogP contribution is 2.34. The van der Waals surface area contributed by atoms with Crippen molar-refractivity contribution < 1.29 is 19.1 Å². The molecule has 0 bridgehead atoms. The first-order valence-electron chi connectivity index (χ1n) is 8.05. The number of carbonyl (C=O) groups is 3. The van der Waals surface area contributed by atoms with E-state index in [0.29, 0.717) is 19.4 Å². The summed E-state index contributed by atoms with van der Waals surface area (Å²) in [4.78, 5) is 37.6. The van der Waals surface area contributed by atoms with E-state index < -0.39 is 0 Å². The number of rotatable bonds is 5. The molecule has 0 aromatic rings. The fourth-order valence-corrected chi connectivity index (χ4v) is 3.42. The van der Waals surface area contributed by atoms with Gasteiger partial charge in [-0.15, -0.1) is 0 Å². The first kappa shape index (κ1) is 15.2. The van der Waals surface area contributed by atoms with E-state index in [9.17, 15) is 14.4 Å². The van der Waals surface area contributed by atoms with Gasteiger partial charge in [-0.05, 0) is 25.7 Å². The average Bonchev–Trinajstić information content (AvgIpc) is 3.13. The van der Waals surface area contributed by atoms with Crippen molar-refractivity contribution in [2.45, 2.75) is 38.2 Å². The largest absolute Gasteiger partial charge is 0.376 e. The summed E-state index contributed by atoms with van der Waals surface area (Å²) >= 11 is 0. The van der Waals surface area contributed by atoms with Crippen molar-refractivity contribution in [1.29, 1.82) is 0 Å². The number of carbonyl (C=O) groups excluding carboxylic acids is 3. The number of nitrogens with one attached hydrogen (secondary N) is 1. The standard InChI is InChI=1S/C16H22N2O4/c19-14(17-10-11-4-3-9-22-11)7-8-18-15(20)12-5-1-2-6-13(12)16(18)21/h1-2,11-13H,3-10H2,(H,17,19)/t11-,12+,13+/m0/s1. The van der Waals surface area contributed by atoms with Crippen LogP contribution in [0.4, 0.5) is 0 Å². The third-order valence-corrected chi connectivity index (χ3v) is 4.71. The molecule has 1 N–H and O–H groups in total. The van der Waals surface area contributed by atoms with Gasteiger partial charge in [0, 0.05) is 26.1 Å². The Morgan fingerprint density at radius 1 is 1.23 bits per heavy atom. The van der Waals surface area contributed by atoms with E-state index >= 15 is 0 Å². The van der Waals surface area contributed by atoms with Gasteiger partial charge in [-0.3, -0.25) is 19.3 Å². The van der Waals surface area contributed by atoms with Crippen molar-refractivity contribution in [2.24, 2.45) is 11.8 Å². The summed E-state index contributed by atoms with van der Waals surface area (Å²) in [7, 11) is 0. The number of ether oxygens (including phenoxy) is 1. The van der Waals surface area contributed by atoms with Gasteiger partial charge in [-0.25, -0.2) is 0 Å². The van der Waals surface area contributed by atoms with E-state index in [1.165, 1.54) is 4.90 Å². The lowest BCUT2D eigenvalue weighted by Gasteiger charge is -2.15. The molecule has 3 atom stereocenters. The van der Waals surface area contributed by atoms with Gasteiger partial charge in [0.15, 0.2) is 0 Å². The van der Waals surface area contributed by atoms with Crippen molar-refractivity contribution in [3.05, 3.63) is 12.2 Å². The summed E-state index contributed by atoms with van der Waals surface area (Å²) in [6.45, 7) is 1.45. The summed E-state index contributed by atoms with van der Waals surface area (Å²) in [6, 6.07) is 0. The van der Waals surface area contributed by atoms with Gasteiger partial charge in [0.25, 0.3) is 0 Å². The van der Waals surface area contributed by atoms with Gasteiger partial charge >= 0.3 is 0 Å². The lowest BCUT2D eigenvalue weighted by Crippen LogP contribution is -2.37. The van der Waals surface area contributed by atoms with Gasteiger partial charge in [0.1, 0.15) is 0 Å². The monoisotopic (exact) mass is 306 g/mol. The highest BCUT2D eigenvalue weighted by Gasteiger charge is 2.46. The summed E-state index contributed by atoms with van der Waals surface area (Å²) in [5.74, 6) is -0.804. The topological polar surface area (TPSA) is 75.7 Å². The summed E-state index contributed by atoms with van der Waals surface area (Å²) in [5.41, 5.74) is 0. The van der Waals surface area contributed by atoms with Gasteiger partial charge in [-0.2, -0.15) is 0 Å². The number of fused-ring (bicyclic) bond motifs is 1. The zero-order chi connectivity index (χ0) is 15.5. The van der Waals surface area contributed by atoms with Gasteiger partial charge < -0.3 is 10.1 Å². The predicted octanol–water partition coefficient (Wildman–Crippen LogP) is 0.623. The highest BCUT2D eigenvalue weighted by atomic mass is 16.5. The number of imide groups is 1. The quantitative estimate of drug-likeness (QED) is 0.597. The summed E-state index contributed by atoms with van der Waals surface area (Å²) in [6.07, 6.45) is 7.47. The second-order valence-corrected chi connectivity index (χ2v) is 6.17. The second-order valence-electron chi connectivity index (χ2n) is 6.17. The van der Waals surface area contributed by atoms with Crippen LogP contribution in [0.1, 0.15) is 32.1 Å². The Bertz CT molecular complexity index is 470. The molecule has 3 amide bonds. The number of amides is 3. The summed E-state index contributed by atoms with van der Waals surface area (Å²) < 4.78 is 5.44. The van der Waals surface area contributed by atoms with Crippen LogP contribution in [0.3, 0.4) is 0 Å². The number of hydrogen-bond donors (Lipinski definition) is 1. The minimum absolute atomic E-state index is 0.105. The van der Waals surface area contributed by atoms with E-state index in [-0.39, 0.29) is 48.6 Å². The molecule has 2 heterocycles. The van der Waals surface area contributed by atoms with Crippen LogP contribution in [-0.4, -0.2) is 48.4 Å². The fourth-order valence-electron chi connectivity index (χ4n) is 3.42. The molecule has 2 fully saturated rings. The van der Waals surface area contributed by atoms with Gasteiger partial charge in [-0.1, -0.05) is 12.2 Å². The maximum absolute atomic E-state index is 12.2. The summed E-state index contributed by atoms with van der Waals surface area (Å²) in [5, 5.41) is 2.82. The lowest BCUT2D eigenvalue weighted by molar-refractivity contribution is -0.140. The normalized spacial score (nSPS) is 30.7. The molecule has 3 rings (SSSR count). The van der Waals surface area contributed by atoms with Crippen LogP contribution in [0.5, 0.6) is 0 Å². The molecule has 0 unspecified atom stereocenters. The maximum atomic E-state index is 12.2. The van der Waals surface area contributed by atoms with Crippen LogP contribution in [-0.2, 0) is 19.1 Å². The van der Waals surface area contributed by atoms with Crippen LogP contribution in [0.15, 0.2) is 12.2 Å². The van der Waals surface area contributed by atoms with Gasteiger partial charge in [0.2, 0.25) is 17.7 Å². The van der Waals surface area contributed by atoms with E-state index in [4.69, 9.17) is 4.74 Å². The van der Waals surface area contributed by atoms with Crippen molar-refractivity contribution >= 4 is 17.7 Å². The fraction of sp³-hybridized carbons (Fsp3) is 0.688. The molecule has 0 saturated carbocycles. The van der Waals surface area contributed by atoms with Crippen molar-refractivity contribution in [2.75, 3.05) is 19.7 Å². The molecular formula is C16H22N2O4. The first-order chi connectivity index (χ1) is 10.7. The zero-order valence-electron chi connectivity index (χ0n) is 12.6. The maximum Gasteiger partial charge on any atom is 0.233 e. The van der Waals surface area contributed by atoms with Crippen LogP contribution >= 0.6 is 0 Å². The molecule has 6 nitrogen and oxygen atoms in total. The Hall–Kier alpha value is -1.69. The molecule has 6 heteroatoms. The molecule has 2 saturated heterocycles. The molecule has 1 aliphatic carbocycles. The molecule has 0 aromatic carbocycles. The molecule has 22 heavy (non-hydrogen) atoms. The van der Waals surface area contributed by atoms with Crippen LogP contribution in [0.25, 0.3) is 0 Å². The third-order valence-electron chi connectivity index (χ3n) is 4.71. The van der Waals surface area contributed by atoms with Crippen LogP contribution < -0.4 is 5.32 Å². The molecule has 3 aliphatic rings. The first-order valence-corrected chi connectivity index (χ1v) is 8.05. The lowest BCUT2D eigenvalue weighted by atomic mass is 9.85. The molecule has 0 radical (unpaired) electrons. The number of hydrogen-bond acceptors (Lipinski definition) is 4. The van der Waals surface area contributed by atoms with E-state index in [2.05, 4.69) is 5.32 Å². The van der Waals surface area contributed by atoms with Crippen molar-refractivity contribution in [1.82, 2.24) is 10.2 Å². The minimum atomic E-state index is -0.215. The number of nitrogens with zero attached hydrogens (tertiary/aromatic N) is 1. The highest BCUT2D eigenvalue weighted by molar-refractivity contribution is 6.05. The predicted molar refractivity (Wildman–Crippen MR) is 78.7 cm³/mol. The minimum Gasteiger partial charge on any atom is -0.376 e. The second kappa shape index (κ2) is 6.60. The average molecular weight is 306 g/mol. The van der Waals surface area contributed by atoms with Crippen molar-refractivity contribution in [3.63, 3.8) is 0 Å². The third kappa shape index (κ3) is 3.06. The zero-order valence-corrected chi connectivity index (χ0v) is 12.6. The molecule has 2 aliphatic heterocycles. The van der Waals surface area contributed by atoms with E-state index in [1.807, 2.05) is 12.2 Å². The Labute approximate surface area is 129 Å². The van der Waals surface area contributed by atoms with E-state index in [1.54, 1.807) is 0 Å². The van der Waals surface area contributed by atoms with Crippen molar-refractivity contribution in [3.8, 4) is 0 Å². The Kier molecular flexibility index (Phi) is 4.57. The smallest absolute Gasteiger partial charge is 0.233 e. The van der Waals surface area contributed by atoms with Crippen LogP contribution in [0.2, 0.25) is 0 Å². The Morgan fingerprint density at radius 3 is 2.50 bits per heavy atom. The number of likely N-dealkylation sites (tertiary alicyclic amines) is 1. The van der Waals surface area contributed by atoms with Gasteiger partial charge in [0.05, 0.1) is 17.9 Å². The Morgan fingerprint density at radius 2 is 1.91 bits per heavy atom. The molecule has 120 valence electrons. The molecule has 0 spiro atoms. The number of allylic oxidation sites excluding steroid dienone is 2. The molecular weight excluding hydrogens is 284 g/mol. The SMILES string of the molecule is O=C(CCN1C(=O)[C@@H]2CC=CC[C@H]2C1=O)NC[C@@H]1CCCO1. The van der Waals surface area contributed by atoms with E-state index in [0.717, 1.165) is 19.4 Å².